The van der Waals surface area contributed by atoms with Crippen molar-refractivity contribution in [2.24, 2.45) is 0 Å². The molecule has 0 atom stereocenters. The van der Waals surface area contributed by atoms with Crippen molar-refractivity contribution in [1.82, 2.24) is 0 Å². The van der Waals surface area contributed by atoms with Gasteiger partial charge in [0, 0.05) is 0 Å². The number of benzene rings is 1. The monoisotopic (exact) mass is 581 g/mol. The van der Waals surface area contributed by atoms with Gasteiger partial charge in [0.2, 0.25) is 0 Å². The Bertz CT molecular complexity index is 303. The van der Waals surface area contributed by atoms with Crippen molar-refractivity contribution in [3.8, 4) is 0 Å². The van der Waals surface area contributed by atoms with Gasteiger partial charge < -0.3 is 0 Å². The molecule has 15 heavy (non-hydrogen) atoms. The summed E-state index contributed by atoms with van der Waals surface area (Å²) in [4.78, 5) is 0. The van der Waals surface area contributed by atoms with Crippen LogP contribution in [-0.4, -0.2) is 0.556 Å². The van der Waals surface area contributed by atoms with Gasteiger partial charge in [0.15, 0.2) is 0 Å². The predicted octanol–water partition coefficient (Wildman–Crippen LogP) is 3.51. The number of hydrogen-bond acceptors (Lipinski definition) is 1. The van der Waals surface area contributed by atoms with Crippen molar-refractivity contribution < 1.29 is 52.2 Å². The fourth-order valence-electron chi connectivity index (χ4n) is 1.21. The molecule has 0 amide bonds. The van der Waals surface area contributed by atoms with Gasteiger partial charge in [0.25, 0.3) is 0 Å². The Labute approximate surface area is 126 Å². The molecule has 0 saturated carbocycles. The second-order valence-corrected chi connectivity index (χ2v) is 31.2. The van der Waals surface area contributed by atoms with Gasteiger partial charge in [-0.2, -0.15) is 0 Å². The molecule has 0 aliphatic heterocycles. The van der Waals surface area contributed by atoms with Crippen LogP contribution in [0.1, 0.15) is 31.9 Å². The Balaban J connectivity index is 0.000000921. The average Bonchev–Trinajstić information content (AvgIpc) is 2.14. The maximum absolute atomic E-state index is 3.66. The van der Waals surface area contributed by atoms with Crippen LogP contribution >= 0.6 is 0 Å². The molecule has 1 rings (SSSR count). The summed E-state index contributed by atoms with van der Waals surface area (Å²) in [6.07, 6.45) is 0. The standard InChI is InChI=1S/C10H13N.C2H6.2Hg/c1-4-11-10-7-5-6-8(2)9(10)3;1-2;;/h5-7,11H,1-3H3;1-2H3;;. The van der Waals surface area contributed by atoms with E-state index in [1.165, 1.54) is 16.8 Å². The molecule has 0 aromatic heterocycles. The van der Waals surface area contributed by atoms with Crippen molar-refractivity contribution in [3.05, 3.63) is 29.3 Å². The van der Waals surface area contributed by atoms with E-state index in [0.29, 0.717) is 0.556 Å². The van der Waals surface area contributed by atoms with E-state index in [2.05, 4.69) is 44.3 Å². The van der Waals surface area contributed by atoms with Gasteiger partial charge in [0.1, 0.15) is 0 Å². The van der Waals surface area contributed by atoms with Gasteiger partial charge in [-0.25, -0.2) is 0 Å². The van der Waals surface area contributed by atoms with E-state index in [1.807, 2.05) is 13.8 Å². The van der Waals surface area contributed by atoms with Gasteiger partial charge >= 0.3 is 114 Å². The number of rotatable bonds is 2. The second kappa shape index (κ2) is 7.26. The van der Waals surface area contributed by atoms with Crippen LogP contribution in [-0.2, 0) is 52.2 Å². The summed E-state index contributed by atoms with van der Waals surface area (Å²) < 4.78 is 0.526. The van der Waals surface area contributed by atoms with Crippen molar-refractivity contribution in [1.29, 1.82) is 0 Å². The van der Waals surface area contributed by atoms with E-state index >= 15 is 0 Å². The number of hydrogen-bond donors (Lipinski definition) is 1. The molecule has 3 heteroatoms. The zero-order valence-corrected chi connectivity index (χ0v) is 21.6. The zero-order chi connectivity index (χ0) is 12.1. The SMILES string of the molecule is CC.Cc1cccc(N[C](C)([Hg])[Hg])c1C. The Hall–Kier alpha value is 0.890. The minimum absolute atomic E-state index is 0.526. The molecule has 0 heterocycles. The predicted molar refractivity (Wildman–Crippen MR) is 59.3 cm³/mol. The van der Waals surface area contributed by atoms with Gasteiger partial charge in [-0.1, -0.05) is 13.8 Å². The third kappa shape index (κ3) is 6.25. The molecule has 0 saturated heterocycles. The zero-order valence-electron chi connectivity index (χ0n) is 10.6. The summed E-state index contributed by atoms with van der Waals surface area (Å²) in [5.41, 5.74) is 4.13. The van der Waals surface area contributed by atoms with Gasteiger partial charge in [-0.15, -0.1) is 0 Å². The van der Waals surface area contributed by atoms with Crippen LogP contribution in [0.5, 0.6) is 0 Å². The summed E-state index contributed by atoms with van der Waals surface area (Å²) in [5.74, 6) is 0. The second-order valence-electron chi connectivity index (χ2n) is 3.93. The van der Waals surface area contributed by atoms with Crippen molar-refractivity contribution in [2.75, 3.05) is 5.32 Å². The van der Waals surface area contributed by atoms with Crippen molar-refractivity contribution >= 4 is 5.69 Å². The van der Waals surface area contributed by atoms with Crippen LogP contribution in [0, 0.1) is 13.8 Å². The Kier molecular flexibility index (Phi) is 7.69. The van der Waals surface area contributed by atoms with Gasteiger partial charge in [-0.3, -0.25) is 0 Å². The summed E-state index contributed by atoms with van der Waals surface area (Å²) >= 11 is 1.65. The quantitative estimate of drug-likeness (QED) is 0.531. The molecule has 0 unspecified atom stereocenters. The third-order valence-electron chi connectivity index (χ3n) is 2.04. The molecule has 76 valence electrons. The van der Waals surface area contributed by atoms with E-state index < -0.39 is 0 Å². The fourth-order valence-corrected chi connectivity index (χ4v) is 2.69. The summed E-state index contributed by atoms with van der Waals surface area (Å²) in [7, 11) is 0. The molecular formula is C12H19Hg2N. The van der Waals surface area contributed by atoms with E-state index in [-0.39, 0.29) is 0 Å². The summed E-state index contributed by atoms with van der Waals surface area (Å²) in [6, 6.07) is 6.51. The molecule has 0 spiro atoms. The topological polar surface area (TPSA) is 12.0 Å². The van der Waals surface area contributed by atoms with Crippen LogP contribution in [0.2, 0.25) is 0 Å². The molecule has 0 fully saturated rings. The van der Waals surface area contributed by atoms with Crippen LogP contribution in [0.15, 0.2) is 18.2 Å². The molecule has 0 aliphatic carbocycles. The number of nitrogens with one attached hydrogen (secondary N) is 1. The van der Waals surface area contributed by atoms with E-state index in [4.69, 9.17) is 0 Å². The Morgan fingerprint density at radius 1 is 1.13 bits per heavy atom. The van der Waals surface area contributed by atoms with Gasteiger partial charge in [0.05, 0.1) is 0 Å². The molecule has 1 nitrogen and oxygen atoms in total. The Morgan fingerprint density at radius 2 is 1.67 bits per heavy atom. The molecular weight excluding hydrogens is 559 g/mol. The maximum atomic E-state index is 3.66. The van der Waals surface area contributed by atoms with Crippen molar-refractivity contribution in [2.45, 2.75) is 35.2 Å². The van der Waals surface area contributed by atoms with E-state index in [0.717, 1.165) is 52.2 Å². The average molecular weight is 578 g/mol. The number of anilines is 1. The van der Waals surface area contributed by atoms with Crippen LogP contribution in [0.3, 0.4) is 0 Å². The first kappa shape index (κ1) is 15.9. The van der Waals surface area contributed by atoms with Crippen LogP contribution in [0.4, 0.5) is 5.69 Å². The van der Waals surface area contributed by atoms with Crippen LogP contribution in [0.25, 0.3) is 0 Å². The minimum atomic E-state index is 0.526. The van der Waals surface area contributed by atoms with E-state index in [1.54, 1.807) is 0 Å². The first-order valence-corrected chi connectivity index (χ1v) is 10.9. The van der Waals surface area contributed by atoms with E-state index in [9.17, 15) is 0 Å². The normalized spacial score (nSPS) is 10.5. The third-order valence-corrected chi connectivity index (χ3v) is 3.42. The Morgan fingerprint density at radius 3 is 2.13 bits per heavy atom. The summed E-state index contributed by atoms with van der Waals surface area (Å²) in [6.45, 7) is 10.7. The van der Waals surface area contributed by atoms with Crippen LogP contribution < -0.4 is 5.32 Å². The molecule has 0 bridgehead atoms. The first-order chi connectivity index (χ1) is 6.90. The first-order valence-electron chi connectivity index (χ1n) is 5.45. The summed E-state index contributed by atoms with van der Waals surface area (Å²) in [5, 5.41) is 3.66. The molecule has 0 aliphatic rings. The fraction of sp³-hybridized carbons (Fsp3) is 0.500. The molecule has 1 N–H and O–H groups in total. The molecule has 0 radical (unpaired) electrons. The molecule has 1 aromatic carbocycles. The number of aryl methyl sites for hydroxylation is 1. The van der Waals surface area contributed by atoms with Crippen molar-refractivity contribution in [3.63, 3.8) is 0 Å². The van der Waals surface area contributed by atoms with Gasteiger partial charge in [-0.05, 0) is 0 Å². The molecule has 1 aromatic rings.